The maximum atomic E-state index is 6.36. The van der Waals surface area contributed by atoms with Crippen LogP contribution in [0.1, 0.15) is 5.56 Å². The number of hydrogen-bond donors (Lipinski definition) is 0. The second kappa shape index (κ2) is 8.88. The number of ether oxygens (including phenoxy) is 2. The molecule has 0 amide bonds. The maximum Gasteiger partial charge on any atom is 0.224 e. The highest BCUT2D eigenvalue weighted by Crippen LogP contribution is 2.37. The lowest BCUT2D eigenvalue weighted by molar-refractivity contribution is 0.122. The normalized spacial score (nSPS) is 13.9. The van der Waals surface area contributed by atoms with Crippen molar-refractivity contribution in [2.45, 2.75) is 6.92 Å². The van der Waals surface area contributed by atoms with E-state index in [4.69, 9.17) is 24.0 Å². The van der Waals surface area contributed by atoms with Gasteiger partial charge in [0, 0.05) is 43.2 Å². The quantitative estimate of drug-likeness (QED) is 0.364. The third kappa shape index (κ3) is 4.02. The molecule has 8 heteroatoms. The van der Waals surface area contributed by atoms with Gasteiger partial charge in [-0.1, -0.05) is 23.8 Å². The second-order valence-corrected chi connectivity index (χ2v) is 8.50. The lowest BCUT2D eigenvalue weighted by Crippen LogP contribution is -2.36. The molecular formula is C27H25N5O3. The summed E-state index contributed by atoms with van der Waals surface area (Å²) >= 11 is 0. The Balaban J connectivity index is 1.48. The fourth-order valence-electron chi connectivity index (χ4n) is 4.43. The van der Waals surface area contributed by atoms with Crippen LogP contribution in [-0.4, -0.2) is 53.2 Å². The summed E-state index contributed by atoms with van der Waals surface area (Å²) < 4.78 is 19.2. The minimum Gasteiger partial charge on any atom is -0.480 e. The minimum atomic E-state index is 0.509. The number of anilines is 1. The molecule has 0 saturated carbocycles. The van der Waals surface area contributed by atoms with E-state index in [-0.39, 0.29) is 0 Å². The molecule has 1 saturated heterocycles. The molecule has 0 unspecified atom stereocenters. The zero-order valence-corrected chi connectivity index (χ0v) is 19.6. The third-order valence-corrected chi connectivity index (χ3v) is 6.17. The highest BCUT2D eigenvalue weighted by atomic mass is 16.5. The first kappa shape index (κ1) is 21.4. The summed E-state index contributed by atoms with van der Waals surface area (Å²) in [5, 5.41) is 4.83. The van der Waals surface area contributed by atoms with E-state index in [1.54, 1.807) is 13.3 Å². The van der Waals surface area contributed by atoms with Crippen LogP contribution in [0.15, 0.2) is 71.4 Å². The van der Waals surface area contributed by atoms with Crippen molar-refractivity contribution in [3.05, 3.63) is 72.6 Å². The van der Waals surface area contributed by atoms with Gasteiger partial charge in [-0.2, -0.15) is 5.10 Å². The fraction of sp³-hybridized carbons (Fsp3) is 0.222. The number of aromatic nitrogens is 4. The fourth-order valence-corrected chi connectivity index (χ4v) is 4.43. The standard InChI is InChI=1S/C27H25N5O3/c1-18-5-3-6-19(15-18)21-8-10-32(30-21)25-17-23(31-11-13-34-14-12-31)26-22(29-25)16-24(35-26)20-7-4-9-28-27(20)33-2/h3-10,15-17H,11-14H2,1-2H3. The van der Waals surface area contributed by atoms with Crippen LogP contribution in [-0.2, 0) is 4.74 Å². The van der Waals surface area contributed by atoms with E-state index in [2.05, 4.69) is 35.0 Å². The van der Waals surface area contributed by atoms with Gasteiger partial charge in [0.2, 0.25) is 5.88 Å². The third-order valence-electron chi connectivity index (χ3n) is 6.17. The van der Waals surface area contributed by atoms with E-state index < -0.39 is 0 Å². The Morgan fingerprint density at radius 2 is 1.89 bits per heavy atom. The summed E-state index contributed by atoms with van der Waals surface area (Å²) in [5.41, 5.74) is 6.39. The Bertz CT molecular complexity index is 1500. The molecule has 5 aromatic rings. The van der Waals surface area contributed by atoms with Crippen LogP contribution >= 0.6 is 0 Å². The zero-order chi connectivity index (χ0) is 23.8. The van der Waals surface area contributed by atoms with Crippen LogP contribution in [0.4, 0.5) is 5.69 Å². The van der Waals surface area contributed by atoms with Crippen molar-refractivity contribution >= 4 is 16.8 Å². The number of furan rings is 1. The van der Waals surface area contributed by atoms with Gasteiger partial charge >= 0.3 is 0 Å². The Morgan fingerprint density at radius 3 is 2.71 bits per heavy atom. The molecule has 1 aliphatic rings. The van der Waals surface area contributed by atoms with Crippen molar-refractivity contribution in [3.63, 3.8) is 0 Å². The van der Waals surface area contributed by atoms with Crippen LogP contribution in [0, 0.1) is 6.92 Å². The summed E-state index contributed by atoms with van der Waals surface area (Å²) in [6.07, 6.45) is 3.64. The molecular weight excluding hydrogens is 442 g/mol. The van der Waals surface area contributed by atoms with Crippen molar-refractivity contribution in [2.24, 2.45) is 0 Å². The summed E-state index contributed by atoms with van der Waals surface area (Å²) in [6.45, 7) is 4.97. The van der Waals surface area contributed by atoms with E-state index in [9.17, 15) is 0 Å². The predicted molar refractivity (Wildman–Crippen MR) is 134 cm³/mol. The summed E-state index contributed by atoms with van der Waals surface area (Å²) in [4.78, 5) is 11.5. The van der Waals surface area contributed by atoms with Gasteiger partial charge in [-0.25, -0.2) is 14.6 Å². The van der Waals surface area contributed by atoms with Gasteiger partial charge in [-0.05, 0) is 31.2 Å². The van der Waals surface area contributed by atoms with Crippen molar-refractivity contribution in [1.82, 2.24) is 19.7 Å². The molecule has 4 aromatic heterocycles. The zero-order valence-electron chi connectivity index (χ0n) is 19.6. The lowest BCUT2D eigenvalue weighted by atomic mass is 10.1. The monoisotopic (exact) mass is 467 g/mol. The van der Waals surface area contributed by atoms with Crippen LogP contribution in [0.3, 0.4) is 0 Å². The molecule has 35 heavy (non-hydrogen) atoms. The Hall–Kier alpha value is -4.17. The summed E-state index contributed by atoms with van der Waals surface area (Å²) in [7, 11) is 1.60. The molecule has 176 valence electrons. The molecule has 0 spiro atoms. The predicted octanol–water partition coefficient (Wildman–Crippen LogP) is 4.90. The number of pyridine rings is 2. The minimum absolute atomic E-state index is 0.509. The highest BCUT2D eigenvalue weighted by molar-refractivity contribution is 5.91. The first-order valence-electron chi connectivity index (χ1n) is 11.6. The number of nitrogens with zero attached hydrogens (tertiary/aromatic N) is 5. The topological polar surface area (TPSA) is 78.4 Å². The van der Waals surface area contributed by atoms with E-state index >= 15 is 0 Å². The molecule has 1 aromatic carbocycles. The molecule has 0 atom stereocenters. The van der Waals surface area contributed by atoms with Gasteiger partial charge in [0.15, 0.2) is 11.4 Å². The largest absolute Gasteiger partial charge is 0.480 e. The smallest absolute Gasteiger partial charge is 0.224 e. The lowest BCUT2D eigenvalue weighted by Gasteiger charge is -2.29. The average molecular weight is 468 g/mol. The second-order valence-electron chi connectivity index (χ2n) is 8.50. The van der Waals surface area contributed by atoms with Gasteiger partial charge in [-0.3, -0.25) is 0 Å². The number of benzene rings is 1. The van der Waals surface area contributed by atoms with E-state index in [1.807, 2.05) is 47.3 Å². The Morgan fingerprint density at radius 1 is 1.00 bits per heavy atom. The maximum absolute atomic E-state index is 6.36. The Labute approximate surface area is 202 Å². The molecule has 0 N–H and O–H groups in total. The molecule has 0 bridgehead atoms. The number of hydrogen-bond acceptors (Lipinski definition) is 7. The van der Waals surface area contributed by atoms with Crippen molar-refractivity contribution < 1.29 is 13.9 Å². The number of rotatable bonds is 5. The Kier molecular flexibility index (Phi) is 5.42. The number of aryl methyl sites for hydroxylation is 1. The van der Waals surface area contributed by atoms with Crippen molar-refractivity contribution in [3.8, 4) is 34.3 Å². The molecule has 0 radical (unpaired) electrons. The molecule has 0 aliphatic carbocycles. The first-order chi connectivity index (χ1) is 17.2. The van der Waals surface area contributed by atoms with E-state index in [1.165, 1.54) is 5.56 Å². The first-order valence-corrected chi connectivity index (χ1v) is 11.6. The SMILES string of the molecule is COc1ncccc1-c1cc2nc(-n3ccc(-c4cccc(C)c4)n3)cc(N3CCOCC3)c2o1. The summed E-state index contributed by atoms with van der Waals surface area (Å²) in [5.74, 6) is 1.89. The molecule has 1 fully saturated rings. The van der Waals surface area contributed by atoms with Gasteiger partial charge in [0.25, 0.3) is 0 Å². The number of morpholine rings is 1. The molecule has 6 rings (SSSR count). The van der Waals surface area contributed by atoms with Gasteiger partial charge in [-0.15, -0.1) is 0 Å². The van der Waals surface area contributed by atoms with Crippen molar-refractivity contribution in [1.29, 1.82) is 0 Å². The van der Waals surface area contributed by atoms with Crippen LogP contribution in [0.2, 0.25) is 0 Å². The van der Waals surface area contributed by atoms with Gasteiger partial charge < -0.3 is 18.8 Å². The van der Waals surface area contributed by atoms with E-state index in [0.29, 0.717) is 24.9 Å². The number of fused-ring (bicyclic) bond motifs is 1. The molecule has 1 aliphatic heterocycles. The van der Waals surface area contributed by atoms with E-state index in [0.717, 1.165) is 52.5 Å². The van der Waals surface area contributed by atoms with Crippen molar-refractivity contribution in [2.75, 3.05) is 38.3 Å². The highest BCUT2D eigenvalue weighted by Gasteiger charge is 2.22. The van der Waals surface area contributed by atoms with Gasteiger partial charge in [0.1, 0.15) is 11.3 Å². The van der Waals surface area contributed by atoms with Crippen LogP contribution in [0.5, 0.6) is 5.88 Å². The van der Waals surface area contributed by atoms with Gasteiger partial charge in [0.05, 0.1) is 37.3 Å². The van der Waals surface area contributed by atoms with Crippen LogP contribution in [0.25, 0.3) is 39.5 Å². The molecule has 8 nitrogen and oxygen atoms in total. The molecule has 5 heterocycles. The van der Waals surface area contributed by atoms with Crippen LogP contribution < -0.4 is 9.64 Å². The average Bonchev–Trinajstić information content (AvgIpc) is 3.56. The number of methoxy groups -OCH3 is 1. The summed E-state index contributed by atoms with van der Waals surface area (Å²) in [6, 6.07) is 18.1.